The molecule has 0 radical (unpaired) electrons. The van der Waals surface area contributed by atoms with Gasteiger partial charge in [0.2, 0.25) is 10.0 Å². The Bertz CT molecular complexity index is 1400. The molecule has 190 valence electrons. The number of hydrogen-bond donors (Lipinski definition) is 0. The first-order chi connectivity index (χ1) is 17.1. The molecule has 1 aliphatic carbocycles. The molecule has 0 saturated heterocycles. The number of benzene rings is 2. The molecule has 1 saturated carbocycles. The second-order valence-corrected chi connectivity index (χ2v) is 12.1. The minimum atomic E-state index is -3.73. The number of Topliss-reactive ketones (excluding diaryl/α,β-unsaturated/α-hetero) is 1. The standard InChI is InChI=1S/C27H32N4O4S/c1-17-9-10-20(22(11-18(2)32)23-13-24(23)25-16-30(4)29-28-25)12-21(17)15-31-14-19(3)35-26-7-5-6-8-27(26)36(31,33)34/h5-10,12,16,19,22-24H,11,13-15H2,1-4H3/t19-,22?,23?,24?/m1/s1. The van der Waals surface area contributed by atoms with Crippen molar-refractivity contribution in [3.63, 3.8) is 0 Å². The number of nitrogens with zero attached hydrogens (tertiary/aromatic N) is 4. The fraction of sp³-hybridized carbons (Fsp3) is 0.444. The normalized spacial score (nSPS) is 23.8. The van der Waals surface area contributed by atoms with Crippen LogP contribution in [0.15, 0.2) is 53.6 Å². The van der Waals surface area contributed by atoms with Crippen LogP contribution in [0, 0.1) is 12.8 Å². The SMILES string of the molecule is CC(=O)CC(c1ccc(C)c(CN2C[C@@H](C)Oc3ccccc3S2(=O)=O)c1)C1CC1c1cn(C)nn1. The van der Waals surface area contributed by atoms with Gasteiger partial charge in [0.1, 0.15) is 22.5 Å². The Kier molecular flexibility index (Phi) is 6.46. The second-order valence-electron chi connectivity index (χ2n) is 10.2. The molecule has 1 aromatic heterocycles. The number of aryl methyl sites for hydroxylation is 2. The molecule has 8 nitrogen and oxygen atoms in total. The number of sulfonamides is 1. The lowest BCUT2D eigenvalue weighted by Gasteiger charge is -2.24. The van der Waals surface area contributed by atoms with Gasteiger partial charge in [0.25, 0.3) is 0 Å². The fourth-order valence-electron chi connectivity index (χ4n) is 5.33. The molecule has 0 N–H and O–H groups in total. The number of aromatic nitrogens is 3. The van der Waals surface area contributed by atoms with Gasteiger partial charge in [-0.3, -0.25) is 4.68 Å². The number of ether oxygens (including phenoxy) is 1. The molecule has 1 fully saturated rings. The Morgan fingerprint density at radius 1 is 1.22 bits per heavy atom. The number of carbonyl (C=O) groups excluding carboxylic acids is 1. The number of fused-ring (bicyclic) bond motifs is 1. The van der Waals surface area contributed by atoms with Gasteiger partial charge in [-0.05, 0) is 67.9 Å². The van der Waals surface area contributed by atoms with Crippen LogP contribution in [0.5, 0.6) is 5.75 Å². The van der Waals surface area contributed by atoms with Crippen molar-refractivity contribution in [2.45, 2.75) is 63.0 Å². The van der Waals surface area contributed by atoms with E-state index >= 15 is 0 Å². The highest BCUT2D eigenvalue weighted by Crippen LogP contribution is 2.55. The zero-order valence-electron chi connectivity index (χ0n) is 21.1. The lowest BCUT2D eigenvalue weighted by atomic mass is 9.86. The van der Waals surface area contributed by atoms with Crippen LogP contribution in [-0.2, 0) is 28.4 Å². The summed E-state index contributed by atoms with van der Waals surface area (Å²) in [4.78, 5) is 12.4. The van der Waals surface area contributed by atoms with Gasteiger partial charge in [-0.2, -0.15) is 4.31 Å². The summed E-state index contributed by atoms with van der Waals surface area (Å²) in [5.41, 5.74) is 3.99. The smallest absolute Gasteiger partial charge is 0.247 e. The Morgan fingerprint density at radius 2 is 2.00 bits per heavy atom. The van der Waals surface area contributed by atoms with Crippen LogP contribution >= 0.6 is 0 Å². The maximum absolute atomic E-state index is 13.6. The van der Waals surface area contributed by atoms with E-state index in [9.17, 15) is 13.2 Å². The quantitative estimate of drug-likeness (QED) is 0.480. The molecule has 9 heteroatoms. The van der Waals surface area contributed by atoms with Crippen molar-refractivity contribution in [3.05, 3.63) is 71.0 Å². The van der Waals surface area contributed by atoms with Crippen molar-refractivity contribution in [1.29, 1.82) is 0 Å². The van der Waals surface area contributed by atoms with Crippen molar-refractivity contribution in [2.75, 3.05) is 6.54 Å². The predicted octanol–water partition coefficient (Wildman–Crippen LogP) is 3.96. The third kappa shape index (κ3) is 4.82. The van der Waals surface area contributed by atoms with E-state index in [1.807, 2.05) is 33.2 Å². The molecule has 4 atom stereocenters. The third-order valence-electron chi connectivity index (χ3n) is 7.27. The second kappa shape index (κ2) is 9.44. The van der Waals surface area contributed by atoms with Gasteiger partial charge in [-0.15, -0.1) is 5.10 Å². The molecular weight excluding hydrogens is 476 g/mol. The maximum Gasteiger partial charge on any atom is 0.247 e. The number of rotatable bonds is 7. The van der Waals surface area contributed by atoms with E-state index in [0.717, 1.165) is 28.8 Å². The van der Waals surface area contributed by atoms with E-state index in [-0.39, 0.29) is 41.7 Å². The Morgan fingerprint density at radius 3 is 2.72 bits per heavy atom. The third-order valence-corrected chi connectivity index (χ3v) is 9.12. The summed E-state index contributed by atoms with van der Waals surface area (Å²) < 4.78 is 36.2. The molecule has 0 bridgehead atoms. The van der Waals surface area contributed by atoms with Crippen molar-refractivity contribution < 1.29 is 17.9 Å². The van der Waals surface area contributed by atoms with Crippen LogP contribution in [-0.4, -0.2) is 46.1 Å². The summed E-state index contributed by atoms with van der Waals surface area (Å²) in [6.07, 6.45) is 3.08. The summed E-state index contributed by atoms with van der Waals surface area (Å²) in [6, 6.07) is 13.0. The summed E-state index contributed by atoms with van der Waals surface area (Å²) in [5.74, 6) is 1.18. The molecule has 0 spiro atoms. The molecule has 0 amide bonds. The van der Waals surface area contributed by atoms with Gasteiger partial charge >= 0.3 is 0 Å². The first kappa shape index (κ1) is 24.6. The number of hydrogen-bond acceptors (Lipinski definition) is 6. The van der Waals surface area contributed by atoms with Gasteiger partial charge in [0.15, 0.2) is 0 Å². The van der Waals surface area contributed by atoms with Crippen LogP contribution < -0.4 is 4.74 Å². The highest BCUT2D eigenvalue weighted by atomic mass is 32.2. The number of carbonyl (C=O) groups is 1. The van der Waals surface area contributed by atoms with E-state index in [0.29, 0.717) is 18.1 Å². The zero-order valence-corrected chi connectivity index (χ0v) is 21.9. The van der Waals surface area contributed by atoms with E-state index in [1.54, 1.807) is 35.9 Å². The van der Waals surface area contributed by atoms with Gasteiger partial charge in [-0.25, -0.2) is 8.42 Å². The van der Waals surface area contributed by atoms with Crippen molar-refractivity contribution in [3.8, 4) is 5.75 Å². The summed E-state index contributed by atoms with van der Waals surface area (Å²) in [6.45, 7) is 6.02. The average Bonchev–Trinajstić information content (AvgIpc) is 3.51. The van der Waals surface area contributed by atoms with Gasteiger partial charge in [-0.1, -0.05) is 35.5 Å². The van der Waals surface area contributed by atoms with Gasteiger partial charge in [0, 0.05) is 32.1 Å². The van der Waals surface area contributed by atoms with Crippen molar-refractivity contribution in [1.82, 2.24) is 19.3 Å². The van der Waals surface area contributed by atoms with Crippen LogP contribution in [0.1, 0.15) is 60.9 Å². The summed E-state index contributed by atoms with van der Waals surface area (Å²) in [5, 5.41) is 8.35. The molecular formula is C27H32N4O4S. The minimum absolute atomic E-state index is 0.0533. The van der Waals surface area contributed by atoms with E-state index < -0.39 is 10.0 Å². The van der Waals surface area contributed by atoms with Crippen molar-refractivity contribution >= 4 is 15.8 Å². The molecule has 5 rings (SSSR count). The fourth-order valence-corrected chi connectivity index (χ4v) is 6.95. The summed E-state index contributed by atoms with van der Waals surface area (Å²) in [7, 11) is -1.87. The Balaban J connectivity index is 1.45. The molecule has 2 heterocycles. The Labute approximate surface area is 212 Å². The largest absolute Gasteiger partial charge is 0.488 e. The van der Waals surface area contributed by atoms with Gasteiger partial charge < -0.3 is 9.53 Å². The number of ketones is 1. The molecule has 3 unspecified atom stereocenters. The summed E-state index contributed by atoms with van der Waals surface area (Å²) >= 11 is 0. The highest BCUT2D eigenvalue weighted by molar-refractivity contribution is 7.89. The van der Waals surface area contributed by atoms with Crippen LogP contribution in [0.4, 0.5) is 0 Å². The van der Waals surface area contributed by atoms with Crippen LogP contribution in [0.2, 0.25) is 0 Å². The monoisotopic (exact) mass is 508 g/mol. The van der Waals surface area contributed by atoms with Crippen molar-refractivity contribution in [2.24, 2.45) is 13.0 Å². The Hall–Kier alpha value is -3.04. The lowest BCUT2D eigenvalue weighted by Crippen LogP contribution is -2.35. The molecule has 2 aliphatic rings. The highest BCUT2D eigenvalue weighted by Gasteiger charge is 2.46. The number of para-hydroxylation sites is 1. The first-order valence-corrected chi connectivity index (χ1v) is 13.8. The zero-order chi connectivity index (χ0) is 25.6. The predicted molar refractivity (Wildman–Crippen MR) is 135 cm³/mol. The average molecular weight is 509 g/mol. The topological polar surface area (TPSA) is 94.4 Å². The van der Waals surface area contributed by atoms with Gasteiger partial charge in [0.05, 0.1) is 12.2 Å². The van der Waals surface area contributed by atoms with E-state index in [2.05, 4.69) is 22.4 Å². The molecule has 36 heavy (non-hydrogen) atoms. The van der Waals surface area contributed by atoms with E-state index in [1.165, 1.54) is 4.31 Å². The molecule has 3 aromatic rings. The first-order valence-electron chi connectivity index (χ1n) is 12.3. The molecule has 1 aliphatic heterocycles. The van der Waals surface area contributed by atoms with E-state index in [4.69, 9.17) is 4.74 Å². The maximum atomic E-state index is 13.6. The minimum Gasteiger partial charge on any atom is -0.488 e. The van der Waals surface area contributed by atoms with Crippen LogP contribution in [0.25, 0.3) is 0 Å². The van der Waals surface area contributed by atoms with Crippen LogP contribution in [0.3, 0.4) is 0 Å². The molecule has 2 aromatic carbocycles. The lowest BCUT2D eigenvalue weighted by molar-refractivity contribution is -0.117.